The van der Waals surface area contributed by atoms with E-state index in [-0.39, 0.29) is 17.2 Å². The second kappa shape index (κ2) is 5.92. The number of rotatable bonds is 3. The molecule has 0 aliphatic carbocycles. The number of amides is 2. The average molecular weight is 280 g/mol. The number of phenols is 1. The first-order chi connectivity index (χ1) is 9.16. The molecule has 1 atom stereocenters. The van der Waals surface area contributed by atoms with Crippen LogP contribution in [0, 0.1) is 5.41 Å². The highest BCUT2D eigenvalue weighted by atomic mass is 16.5. The summed E-state index contributed by atoms with van der Waals surface area (Å²) >= 11 is 0. The number of phenolic OH excluding ortho intramolecular Hbond substituents is 1. The number of benzene rings is 1. The van der Waals surface area contributed by atoms with E-state index in [0.29, 0.717) is 5.56 Å². The highest BCUT2D eigenvalue weighted by Crippen LogP contribution is 2.26. The van der Waals surface area contributed by atoms with Crippen LogP contribution in [0.4, 0.5) is 0 Å². The van der Waals surface area contributed by atoms with Crippen LogP contribution >= 0.6 is 0 Å². The van der Waals surface area contributed by atoms with Gasteiger partial charge in [-0.3, -0.25) is 14.8 Å². The molecule has 0 heterocycles. The molecule has 0 fully saturated rings. The highest BCUT2D eigenvalue weighted by Gasteiger charge is 2.24. The van der Waals surface area contributed by atoms with Crippen LogP contribution in [0.5, 0.6) is 5.75 Å². The predicted octanol–water partition coefficient (Wildman–Crippen LogP) is 1.73. The molecule has 110 valence electrons. The fourth-order valence-corrected chi connectivity index (χ4v) is 1.61. The van der Waals surface area contributed by atoms with Gasteiger partial charge < -0.3 is 10.4 Å². The van der Waals surface area contributed by atoms with E-state index >= 15 is 0 Å². The lowest BCUT2D eigenvalue weighted by molar-refractivity contribution is -0.129. The van der Waals surface area contributed by atoms with Gasteiger partial charge in [-0.05, 0) is 19.1 Å². The zero-order valence-electron chi connectivity index (χ0n) is 12.0. The molecule has 1 rings (SSSR count). The van der Waals surface area contributed by atoms with Crippen molar-refractivity contribution in [2.24, 2.45) is 5.41 Å². The van der Waals surface area contributed by atoms with E-state index in [9.17, 15) is 14.7 Å². The summed E-state index contributed by atoms with van der Waals surface area (Å²) in [5.74, 6) is -0.965. The van der Waals surface area contributed by atoms with Crippen molar-refractivity contribution in [1.82, 2.24) is 10.8 Å². The maximum Gasteiger partial charge on any atom is 0.274 e. The Kier molecular flexibility index (Phi) is 4.73. The van der Waals surface area contributed by atoms with E-state index in [1.165, 1.54) is 23.7 Å². The van der Waals surface area contributed by atoms with Gasteiger partial charge in [-0.1, -0.05) is 26.8 Å². The van der Waals surface area contributed by atoms with Gasteiger partial charge >= 0.3 is 0 Å². The quantitative estimate of drug-likeness (QED) is 0.500. The number of hydrogen-bond donors (Lipinski definition) is 4. The van der Waals surface area contributed by atoms with Crippen molar-refractivity contribution >= 4 is 11.8 Å². The predicted molar refractivity (Wildman–Crippen MR) is 73.4 cm³/mol. The maximum atomic E-state index is 11.9. The molecule has 0 saturated carbocycles. The molecule has 0 radical (unpaired) electrons. The van der Waals surface area contributed by atoms with E-state index < -0.39 is 17.4 Å². The Hall–Kier alpha value is -2.08. The van der Waals surface area contributed by atoms with E-state index in [2.05, 4.69) is 5.32 Å². The van der Waals surface area contributed by atoms with Gasteiger partial charge in [0.2, 0.25) is 5.91 Å². The van der Waals surface area contributed by atoms with E-state index in [1.54, 1.807) is 27.7 Å². The molecule has 0 aromatic heterocycles. The summed E-state index contributed by atoms with van der Waals surface area (Å²) in [5, 5.41) is 21.2. The molecule has 1 aromatic rings. The van der Waals surface area contributed by atoms with Gasteiger partial charge in [-0.25, -0.2) is 5.48 Å². The Morgan fingerprint density at radius 2 is 1.85 bits per heavy atom. The molecule has 0 bridgehead atoms. The lowest BCUT2D eigenvalue weighted by Gasteiger charge is -2.22. The zero-order chi connectivity index (χ0) is 15.5. The molecule has 6 heteroatoms. The van der Waals surface area contributed by atoms with E-state index in [1.807, 2.05) is 0 Å². The molecule has 4 N–H and O–H groups in total. The number of nitrogens with one attached hydrogen (secondary N) is 2. The van der Waals surface area contributed by atoms with Crippen molar-refractivity contribution in [2.45, 2.75) is 33.7 Å². The second-order valence-electron chi connectivity index (χ2n) is 5.66. The first-order valence-corrected chi connectivity index (χ1v) is 6.25. The molecule has 1 aromatic carbocycles. The fraction of sp³-hybridized carbons (Fsp3) is 0.429. The Labute approximate surface area is 117 Å². The molecule has 6 nitrogen and oxygen atoms in total. The molecule has 1 unspecified atom stereocenters. The Bertz CT molecular complexity index is 520. The minimum absolute atomic E-state index is 0.118. The van der Waals surface area contributed by atoms with Gasteiger partial charge in [-0.2, -0.15) is 0 Å². The van der Waals surface area contributed by atoms with E-state index in [4.69, 9.17) is 5.21 Å². The molecule has 0 saturated heterocycles. The maximum absolute atomic E-state index is 11.9. The molecular weight excluding hydrogens is 260 g/mol. The summed E-state index contributed by atoms with van der Waals surface area (Å²) < 4.78 is 0. The third-order valence-corrected chi connectivity index (χ3v) is 2.89. The molecule has 0 aliphatic heterocycles. The van der Waals surface area contributed by atoms with Crippen LogP contribution in [-0.2, 0) is 4.79 Å². The lowest BCUT2D eigenvalue weighted by atomic mass is 9.94. The summed E-state index contributed by atoms with van der Waals surface area (Å²) in [5.41, 5.74) is 1.59. The van der Waals surface area contributed by atoms with Crippen LogP contribution in [0.3, 0.4) is 0 Å². The largest absolute Gasteiger partial charge is 0.508 e. The minimum atomic E-state index is -0.710. The zero-order valence-corrected chi connectivity index (χ0v) is 12.0. The first kappa shape index (κ1) is 16.0. The minimum Gasteiger partial charge on any atom is -0.508 e. The van der Waals surface area contributed by atoms with Crippen molar-refractivity contribution in [3.8, 4) is 5.75 Å². The van der Waals surface area contributed by atoms with Gasteiger partial charge in [0.15, 0.2) is 0 Å². The first-order valence-electron chi connectivity index (χ1n) is 6.25. The molecular formula is C14H20N2O4. The van der Waals surface area contributed by atoms with Gasteiger partial charge in [0, 0.05) is 16.5 Å². The van der Waals surface area contributed by atoms with Crippen LogP contribution in [0.2, 0.25) is 0 Å². The van der Waals surface area contributed by atoms with Crippen molar-refractivity contribution in [2.75, 3.05) is 0 Å². The monoisotopic (exact) mass is 280 g/mol. The number of carbonyl (C=O) groups excluding carboxylic acids is 2. The molecule has 2 amide bonds. The standard InChI is InChI=1S/C14H20N2O4/c1-8(15-13(19)14(2,3)4)10-6-5-9(7-11(10)17)12(18)16-20/h5-8,17,20H,1-4H3,(H,15,19)(H,16,18). The molecule has 0 aliphatic rings. The Balaban J connectivity index is 2.92. The number of carbonyl (C=O) groups is 2. The molecule has 0 spiro atoms. The SMILES string of the molecule is CC(NC(=O)C(C)(C)C)c1ccc(C(=O)NO)cc1O. The smallest absolute Gasteiger partial charge is 0.274 e. The fourth-order valence-electron chi connectivity index (χ4n) is 1.61. The van der Waals surface area contributed by atoms with E-state index in [0.717, 1.165) is 0 Å². The normalized spacial score (nSPS) is 12.7. The summed E-state index contributed by atoms with van der Waals surface area (Å²) in [7, 11) is 0. The van der Waals surface area contributed by atoms with Crippen molar-refractivity contribution in [1.29, 1.82) is 0 Å². The summed E-state index contributed by atoms with van der Waals surface area (Å²) in [4.78, 5) is 23.1. The summed E-state index contributed by atoms with van der Waals surface area (Å²) in [6, 6.07) is 3.84. The Morgan fingerprint density at radius 1 is 1.25 bits per heavy atom. The third kappa shape index (κ3) is 3.71. The van der Waals surface area contributed by atoms with Crippen molar-refractivity contribution in [3.05, 3.63) is 29.3 Å². The van der Waals surface area contributed by atoms with Crippen LogP contribution in [0.1, 0.15) is 49.7 Å². The average Bonchev–Trinajstić information content (AvgIpc) is 2.36. The summed E-state index contributed by atoms with van der Waals surface area (Å²) in [6.07, 6.45) is 0. The second-order valence-corrected chi connectivity index (χ2v) is 5.66. The lowest BCUT2D eigenvalue weighted by Crippen LogP contribution is -2.36. The highest BCUT2D eigenvalue weighted by molar-refractivity contribution is 5.93. The number of hydrogen-bond acceptors (Lipinski definition) is 4. The van der Waals surface area contributed by atoms with Gasteiger partial charge in [0.1, 0.15) is 5.75 Å². The van der Waals surface area contributed by atoms with Crippen molar-refractivity contribution in [3.63, 3.8) is 0 Å². The van der Waals surface area contributed by atoms with Crippen molar-refractivity contribution < 1.29 is 19.9 Å². The van der Waals surface area contributed by atoms with Crippen LogP contribution in [-0.4, -0.2) is 22.1 Å². The van der Waals surface area contributed by atoms with Gasteiger partial charge in [0.25, 0.3) is 5.91 Å². The van der Waals surface area contributed by atoms with Gasteiger partial charge in [-0.15, -0.1) is 0 Å². The number of aromatic hydroxyl groups is 1. The molecule has 20 heavy (non-hydrogen) atoms. The van der Waals surface area contributed by atoms with Crippen LogP contribution in [0.25, 0.3) is 0 Å². The summed E-state index contributed by atoms with van der Waals surface area (Å²) in [6.45, 7) is 7.13. The Morgan fingerprint density at radius 3 is 2.30 bits per heavy atom. The van der Waals surface area contributed by atoms with Crippen LogP contribution in [0.15, 0.2) is 18.2 Å². The number of hydroxylamine groups is 1. The van der Waals surface area contributed by atoms with Crippen LogP contribution < -0.4 is 10.8 Å². The van der Waals surface area contributed by atoms with Gasteiger partial charge in [0.05, 0.1) is 6.04 Å². The topological polar surface area (TPSA) is 98.7 Å². The third-order valence-electron chi connectivity index (χ3n) is 2.89.